The lowest BCUT2D eigenvalue weighted by molar-refractivity contribution is -0.168. The summed E-state index contributed by atoms with van der Waals surface area (Å²) in [5.41, 5.74) is -4.32. The molecule has 0 N–H and O–H groups in total. The van der Waals surface area contributed by atoms with Crippen LogP contribution in [0.15, 0.2) is 11.6 Å². The van der Waals surface area contributed by atoms with Gasteiger partial charge in [0.2, 0.25) is 0 Å². The van der Waals surface area contributed by atoms with E-state index >= 15 is 0 Å². The molecule has 30 heavy (non-hydrogen) atoms. The number of rotatable bonds is 5. The molecule has 0 amide bonds. The van der Waals surface area contributed by atoms with Gasteiger partial charge in [-0.2, -0.15) is 0 Å². The Morgan fingerprint density at radius 1 is 0.967 bits per heavy atom. The Kier molecular flexibility index (Phi) is 4.97. The number of ketones is 5. The maximum absolute atomic E-state index is 14.3. The minimum Gasteiger partial charge on any atom is -0.300 e. The highest BCUT2D eigenvalue weighted by Gasteiger charge is 2.82. The Morgan fingerprint density at radius 2 is 1.53 bits per heavy atom. The molecular weight excluding hydrogens is 380 g/mol. The van der Waals surface area contributed by atoms with Crippen molar-refractivity contribution in [3.63, 3.8) is 0 Å². The van der Waals surface area contributed by atoms with E-state index < -0.39 is 56.8 Å². The number of carbonyl (C=O) groups is 5. The van der Waals surface area contributed by atoms with Crippen molar-refractivity contribution in [2.45, 2.75) is 74.7 Å². The van der Waals surface area contributed by atoms with Gasteiger partial charge in [0.25, 0.3) is 0 Å². The van der Waals surface area contributed by atoms with Crippen LogP contribution in [0.4, 0.5) is 0 Å². The van der Waals surface area contributed by atoms with Crippen LogP contribution >= 0.6 is 0 Å². The number of carbonyl (C=O) groups excluding carboxylic acids is 5. The predicted octanol–water partition coefficient (Wildman–Crippen LogP) is 3.92. The van der Waals surface area contributed by atoms with E-state index in [9.17, 15) is 24.0 Å². The second kappa shape index (κ2) is 6.54. The third-order valence-corrected chi connectivity index (χ3v) is 8.37. The minimum atomic E-state index is -1.84. The van der Waals surface area contributed by atoms with Gasteiger partial charge in [-0.1, -0.05) is 39.3 Å². The molecule has 2 bridgehead atoms. The number of allylic oxidation sites excluding steroid dienone is 2. The monoisotopic (exact) mass is 414 g/mol. The van der Waals surface area contributed by atoms with E-state index in [0.29, 0.717) is 0 Å². The second-order valence-corrected chi connectivity index (χ2v) is 11.1. The summed E-state index contributed by atoms with van der Waals surface area (Å²) in [6.45, 7) is 14.1. The van der Waals surface area contributed by atoms with E-state index in [1.54, 1.807) is 26.8 Å². The summed E-state index contributed by atoms with van der Waals surface area (Å²) in [5, 5.41) is 0. The molecule has 1 spiro atoms. The number of hydrogen-bond acceptors (Lipinski definition) is 5. The number of hydrogen-bond donors (Lipinski definition) is 0. The van der Waals surface area contributed by atoms with Crippen LogP contribution in [-0.2, 0) is 24.0 Å². The number of fused-ring (bicyclic) bond motifs is 1. The maximum Gasteiger partial charge on any atom is 0.168 e. The van der Waals surface area contributed by atoms with Gasteiger partial charge in [0.05, 0.1) is 10.8 Å². The lowest BCUT2D eigenvalue weighted by Crippen LogP contribution is -2.65. The van der Waals surface area contributed by atoms with Gasteiger partial charge in [-0.3, -0.25) is 24.0 Å². The van der Waals surface area contributed by atoms with Crippen LogP contribution in [0.1, 0.15) is 74.7 Å². The molecular formula is C25H34O5. The molecule has 0 saturated heterocycles. The van der Waals surface area contributed by atoms with E-state index in [-0.39, 0.29) is 30.8 Å². The average molecular weight is 415 g/mol. The van der Waals surface area contributed by atoms with Crippen LogP contribution in [0.5, 0.6) is 0 Å². The molecule has 0 aromatic rings. The Morgan fingerprint density at radius 3 is 2.00 bits per heavy atom. The highest BCUT2D eigenvalue weighted by atomic mass is 16.2. The molecule has 0 aliphatic heterocycles. The van der Waals surface area contributed by atoms with E-state index in [1.807, 2.05) is 27.7 Å². The molecule has 5 atom stereocenters. The topological polar surface area (TPSA) is 85.3 Å². The minimum absolute atomic E-state index is 0.00742. The molecule has 0 aromatic carbocycles. The van der Waals surface area contributed by atoms with Gasteiger partial charge in [0, 0.05) is 11.8 Å². The van der Waals surface area contributed by atoms with Gasteiger partial charge >= 0.3 is 0 Å². The number of Topliss-reactive ketones (excluding diaryl/α,β-unsaturated/α-hetero) is 5. The van der Waals surface area contributed by atoms with Gasteiger partial charge in [-0.05, 0) is 58.3 Å². The van der Waals surface area contributed by atoms with Gasteiger partial charge in [0.1, 0.15) is 5.78 Å². The second-order valence-electron chi connectivity index (χ2n) is 11.1. The highest BCUT2D eigenvalue weighted by Crippen LogP contribution is 2.72. The van der Waals surface area contributed by atoms with Crippen LogP contribution in [0, 0.1) is 39.4 Å². The summed E-state index contributed by atoms with van der Waals surface area (Å²) >= 11 is 0. The van der Waals surface area contributed by atoms with Crippen LogP contribution in [-0.4, -0.2) is 28.9 Å². The SMILES string of the molecule is CC(=O)[C@@H]1C[C@@]23C(=O)[C@@](C)(C[C@H]2C1(C)C)C(=O)[C@@](CC=C(C)C)(C(=O)C(C)C)C3=O. The summed E-state index contributed by atoms with van der Waals surface area (Å²) in [4.78, 5) is 67.9. The van der Waals surface area contributed by atoms with Crippen molar-refractivity contribution in [3.05, 3.63) is 11.6 Å². The lowest BCUT2D eigenvalue weighted by atomic mass is 9.51. The molecule has 0 aromatic heterocycles. The molecule has 3 aliphatic carbocycles. The zero-order valence-corrected chi connectivity index (χ0v) is 19.5. The summed E-state index contributed by atoms with van der Waals surface area (Å²) in [6.07, 6.45) is 2.10. The van der Waals surface area contributed by atoms with E-state index in [1.165, 1.54) is 6.92 Å². The smallest absolute Gasteiger partial charge is 0.168 e. The van der Waals surface area contributed by atoms with Crippen molar-refractivity contribution in [3.8, 4) is 0 Å². The summed E-state index contributed by atoms with van der Waals surface area (Å²) < 4.78 is 0. The third-order valence-electron chi connectivity index (χ3n) is 8.37. The summed E-state index contributed by atoms with van der Waals surface area (Å²) in [5.74, 6) is -3.27. The van der Waals surface area contributed by atoms with Crippen molar-refractivity contribution in [1.29, 1.82) is 0 Å². The van der Waals surface area contributed by atoms with Crippen LogP contribution in [0.2, 0.25) is 0 Å². The van der Waals surface area contributed by atoms with Crippen molar-refractivity contribution in [2.24, 2.45) is 39.4 Å². The first-order valence-corrected chi connectivity index (χ1v) is 10.9. The molecule has 5 nitrogen and oxygen atoms in total. The maximum atomic E-state index is 14.3. The fourth-order valence-corrected chi connectivity index (χ4v) is 6.82. The highest BCUT2D eigenvalue weighted by molar-refractivity contribution is 6.40. The fraction of sp³-hybridized carbons (Fsp3) is 0.720. The van der Waals surface area contributed by atoms with Crippen molar-refractivity contribution >= 4 is 28.9 Å². The molecule has 0 unspecified atom stereocenters. The largest absolute Gasteiger partial charge is 0.300 e. The molecule has 3 aliphatic rings. The normalized spacial score (nSPS) is 39.3. The summed E-state index contributed by atoms with van der Waals surface area (Å²) in [6, 6.07) is 0. The molecule has 0 heterocycles. The van der Waals surface area contributed by atoms with Crippen molar-refractivity contribution < 1.29 is 24.0 Å². The fourth-order valence-electron chi connectivity index (χ4n) is 6.82. The van der Waals surface area contributed by atoms with E-state index in [4.69, 9.17) is 0 Å². The molecule has 3 rings (SSSR count). The van der Waals surface area contributed by atoms with Crippen molar-refractivity contribution in [1.82, 2.24) is 0 Å². The first-order chi connectivity index (χ1) is 13.6. The summed E-state index contributed by atoms with van der Waals surface area (Å²) in [7, 11) is 0. The molecule has 3 fully saturated rings. The first-order valence-electron chi connectivity index (χ1n) is 10.9. The molecule has 3 saturated carbocycles. The first kappa shape index (κ1) is 22.8. The molecule has 5 heteroatoms. The van der Waals surface area contributed by atoms with Crippen LogP contribution < -0.4 is 0 Å². The Labute approximate surface area is 179 Å². The van der Waals surface area contributed by atoms with Crippen molar-refractivity contribution in [2.75, 3.05) is 0 Å². The van der Waals surface area contributed by atoms with E-state index in [2.05, 4.69) is 0 Å². The van der Waals surface area contributed by atoms with E-state index in [0.717, 1.165) is 5.57 Å². The quantitative estimate of drug-likeness (QED) is 0.503. The Balaban J connectivity index is 2.33. The van der Waals surface area contributed by atoms with Crippen LogP contribution in [0.3, 0.4) is 0 Å². The zero-order valence-electron chi connectivity index (χ0n) is 19.5. The van der Waals surface area contributed by atoms with Gasteiger partial charge in [-0.15, -0.1) is 0 Å². The lowest BCUT2D eigenvalue weighted by Gasteiger charge is -2.45. The van der Waals surface area contributed by atoms with Crippen LogP contribution in [0.25, 0.3) is 0 Å². The average Bonchev–Trinajstić information content (AvgIpc) is 2.99. The standard InChI is InChI=1S/C25H34O5/c1-13(2)9-10-24(18(27)14(3)4)19(28)23(8)12-17-22(6,7)16(15(5)26)11-25(17,20(23)29)21(24)30/h9,14,16-17H,10-12H2,1-8H3/t16-,17-,23-,24+,25-/m0/s1. The Bertz CT molecular complexity index is 902. The predicted molar refractivity (Wildman–Crippen MR) is 113 cm³/mol. The third kappa shape index (κ3) is 2.44. The molecule has 0 radical (unpaired) electrons. The Hall–Kier alpha value is -1.91. The molecule has 164 valence electrons. The zero-order chi connectivity index (χ0) is 23.0. The van der Waals surface area contributed by atoms with Gasteiger partial charge < -0.3 is 0 Å². The van der Waals surface area contributed by atoms with Gasteiger partial charge in [-0.25, -0.2) is 0 Å². The van der Waals surface area contributed by atoms with Gasteiger partial charge in [0.15, 0.2) is 28.5 Å².